The Kier molecular flexibility index (Phi) is 4.76. The number of nitrogens with one attached hydrogen (secondary N) is 1. The summed E-state index contributed by atoms with van der Waals surface area (Å²) in [6, 6.07) is 7.32. The van der Waals surface area contributed by atoms with Crippen LogP contribution in [0.5, 0.6) is 6.01 Å². The van der Waals surface area contributed by atoms with Crippen molar-refractivity contribution in [3.05, 3.63) is 41.2 Å². The van der Waals surface area contributed by atoms with Gasteiger partial charge >= 0.3 is 12.0 Å². The average Bonchev–Trinajstić information content (AvgIpc) is 2.96. The van der Waals surface area contributed by atoms with E-state index in [2.05, 4.69) is 15.3 Å². The molecule has 0 saturated heterocycles. The van der Waals surface area contributed by atoms with Crippen molar-refractivity contribution in [2.75, 3.05) is 19.0 Å². The summed E-state index contributed by atoms with van der Waals surface area (Å²) in [5.41, 5.74) is 1.91. The van der Waals surface area contributed by atoms with Crippen molar-refractivity contribution in [3.63, 3.8) is 0 Å². The molecule has 1 N–H and O–H groups in total. The van der Waals surface area contributed by atoms with Gasteiger partial charge in [0.15, 0.2) is 0 Å². The summed E-state index contributed by atoms with van der Waals surface area (Å²) < 4.78 is 11.9. The van der Waals surface area contributed by atoms with Crippen molar-refractivity contribution in [2.24, 2.45) is 7.05 Å². The molecular formula is C17H17ClN4O3. The molecule has 0 aliphatic rings. The Hall–Kier alpha value is -2.80. The van der Waals surface area contributed by atoms with Crippen LogP contribution in [0.3, 0.4) is 0 Å². The summed E-state index contributed by atoms with van der Waals surface area (Å²) in [4.78, 5) is 20.4. The third kappa shape index (κ3) is 3.23. The SMILES string of the molecule is CCOC(=O)c1cc2c(Nc3ccnc(OC)n3)ccc(Cl)c2n1C. The minimum Gasteiger partial charge on any atom is -0.467 e. The number of carbonyl (C=O) groups excluding carboxylic acids is 1. The van der Waals surface area contributed by atoms with E-state index in [0.717, 1.165) is 16.6 Å². The Morgan fingerprint density at radius 1 is 1.36 bits per heavy atom. The molecule has 0 aliphatic heterocycles. The topological polar surface area (TPSA) is 78.3 Å². The van der Waals surface area contributed by atoms with E-state index in [9.17, 15) is 4.79 Å². The van der Waals surface area contributed by atoms with Crippen molar-refractivity contribution in [2.45, 2.75) is 6.92 Å². The lowest BCUT2D eigenvalue weighted by Crippen LogP contribution is -2.09. The van der Waals surface area contributed by atoms with Crippen molar-refractivity contribution in [1.29, 1.82) is 0 Å². The van der Waals surface area contributed by atoms with Crippen LogP contribution in [0, 0.1) is 0 Å². The second kappa shape index (κ2) is 6.98. The van der Waals surface area contributed by atoms with Crippen molar-refractivity contribution < 1.29 is 14.3 Å². The molecule has 1 aromatic carbocycles. The molecule has 0 bridgehead atoms. The smallest absolute Gasteiger partial charge is 0.354 e. The maximum absolute atomic E-state index is 12.2. The predicted molar refractivity (Wildman–Crippen MR) is 95.8 cm³/mol. The Labute approximate surface area is 149 Å². The molecule has 25 heavy (non-hydrogen) atoms. The predicted octanol–water partition coefficient (Wildman–Crippen LogP) is 3.55. The third-order valence-electron chi connectivity index (χ3n) is 3.71. The molecule has 8 heteroatoms. The molecule has 0 spiro atoms. The van der Waals surface area contributed by atoms with Gasteiger partial charge in [0.05, 0.1) is 24.3 Å². The minimum atomic E-state index is -0.396. The van der Waals surface area contributed by atoms with Gasteiger partial charge in [0.1, 0.15) is 11.5 Å². The van der Waals surface area contributed by atoms with Crippen LogP contribution < -0.4 is 10.1 Å². The molecule has 0 unspecified atom stereocenters. The van der Waals surface area contributed by atoms with Crippen LogP contribution in [0.25, 0.3) is 10.9 Å². The second-order valence-corrected chi connectivity index (χ2v) is 5.63. The molecule has 2 aromatic heterocycles. The lowest BCUT2D eigenvalue weighted by molar-refractivity contribution is 0.0516. The number of esters is 1. The zero-order valence-corrected chi connectivity index (χ0v) is 14.8. The van der Waals surface area contributed by atoms with Gasteiger partial charge in [-0.15, -0.1) is 0 Å². The fraction of sp³-hybridized carbons (Fsp3) is 0.235. The van der Waals surface area contributed by atoms with E-state index in [4.69, 9.17) is 21.1 Å². The summed E-state index contributed by atoms with van der Waals surface area (Å²) in [5.74, 6) is 0.170. The molecule has 0 saturated carbocycles. The Bertz CT molecular complexity index is 939. The van der Waals surface area contributed by atoms with Crippen LogP contribution in [0.1, 0.15) is 17.4 Å². The van der Waals surface area contributed by atoms with E-state index < -0.39 is 5.97 Å². The summed E-state index contributed by atoms with van der Waals surface area (Å²) in [6.07, 6.45) is 1.59. The fourth-order valence-electron chi connectivity index (χ4n) is 2.58. The van der Waals surface area contributed by atoms with E-state index in [1.807, 2.05) is 6.07 Å². The summed E-state index contributed by atoms with van der Waals surface area (Å²) in [5, 5.41) is 4.53. The number of rotatable bonds is 5. The van der Waals surface area contributed by atoms with Gasteiger partial charge in [0, 0.05) is 24.3 Å². The summed E-state index contributed by atoms with van der Waals surface area (Å²) in [7, 11) is 3.28. The second-order valence-electron chi connectivity index (χ2n) is 5.22. The Balaban J connectivity index is 2.08. The number of hydrogen-bond acceptors (Lipinski definition) is 6. The lowest BCUT2D eigenvalue weighted by atomic mass is 10.2. The highest BCUT2D eigenvalue weighted by molar-refractivity contribution is 6.36. The quantitative estimate of drug-likeness (QED) is 0.701. The molecule has 130 valence electrons. The highest BCUT2D eigenvalue weighted by Crippen LogP contribution is 2.34. The number of methoxy groups -OCH3 is 1. The number of carbonyl (C=O) groups is 1. The normalized spacial score (nSPS) is 10.7. The molecule has 3 rings (SSSR count). The minimum absolute atomic E-state index is 0.260. The maximum atomic E-state index is 12.2. The molecular weight excluding hydrogens is 344 g/mol. The largest absolute Gasteiger partial charge is 0.467 e. The van der Waals surface area contributed by atoms with E-state index in [1.54, 1.807) is 42.9 Å². The number of halogens is 1. The van der Waals surface area contributed by atoms with Gasteiger partial charge in [-0.05, 0) is 31.2 Å². The number of anilines is 2. The van der Waals surface area contributed by atoms with Crippen LogP contribution in [-0.4, -0.2) is 34.2 Å². The van der Waals surface area contributed by atoms with Crippen LogP contribution in [0.4, 0.5) is 11.5 Å². The number of aryl methyl sites for hydroxylation is 1. The number of fused-ring (bicyclic) bond motifs is 1. The third-order valence-corrected chi connectivity index (χ3v) is 4.01. The molecule has 0 radical (unpaired) electrons. The van der Waals surface area contributed by atoms with Gasteiger partial charge in [-0.25, -0.2) is 9.78 Å². The maximum Gasteiger partial charge on any atom is 0.354 e. The first-order valence-corrected chi connectivity index (χ1v) is 8.02. The first kappa shape index (κ1) is 17.0. The molecule has 3 aromatic rings. The molecule has 0 aliphatic carbocycles. The zero-order chi connectivity index (χ0) is 18.0. The van der Waals surface area contributed by atoms with Gasteiger partial charge in [0.2, 0.25) is 0 Å². The highest BCUT2D eigenvalue weighted by atomic mass is 35.5. The average molecular weight is 361 g/mol. The molecule has 7 nitrogen and oxygen atoms in total. The van der Waals surface area contributed by atoms with E-state index >= 15 is 0 Å². The molecule has 0 fully saturated rings. The standard InChI is InChI=1S/C17H17ClN4O3/c1-4-25-16(23)13-9-10-12(6-5-11(18)15(10)22(13)2)20-14-7-8-19-17(21-14)24-3/h5-9H,4H2,1-3H3,(H,19,20,21). The molecule has 2 heterocycles. The summed E-state index contributed by atoms with van der Waals surface area (Å²) in [6.45, 7) is 2.07. The Morgan fingerprint density at radius 3 is 2.88 bits per heavy atom. The molecule has 0 atom stereocenters. The Morgan fingerprint density at radius 2 is 2.16 bits per heavy atom. The fourth-order valence-corrected chi connectivity index (χ4v) is 2.87. The van der Waals surface area contributed by atoms with Crippen molar-refractivity contribution in [1.82, 2.24) is 14.5 Å². The number of benzene rings is 1. The van der Waals surface area contributed by atoms with E-state index in [1.165, 1.54) is 7.11 Å². The zero-order valence-electron chi connectivity index (χ0n) is 14.0. The number of ether oxygens (including phenoxy) is 2. The van der Waals surface area contributed by atoms with Gasteiger partial charge in [-0.3, -0.25) is 0 Å². The number of aromatic nitrogens is 3. The van der Waals surface area contributed by atoms with Crippen LogP contribution in [0.2, 0.25) is 5.02 Å². The van der Waals surface area contributed by atoms with E-state index in [0.29, 0.717) is 23.1 Å². The van der Waals surface area contributed by atoms with Gasteiger partial charge in [-0.2, -0.15) is 4.98 Å². The van der Waals surface area contributed by atoms with Crippen LogP contribution in [0.15, 0.2) is 30.5 Å². The monoisotopic (exact) mass is 360 g/mol. The number of nitrogens with zero attached hydrogens (tertiary/aromatic N) is 3. The first-order valence-electron chi connectivity index (χ1n) is 7.64. The first-order chi connectivity index (χ1) is 12.0. The van der Waals surface area contributed by atoms with Crippen molar-refractivity contribution in [3.8, 4) is 6.01 Å². The van der Waals surface area contributed by atoms with E-state index in [-0.39, 0.29) is 6.01 Å². The van der Waals surface area contributed by atoms with Crippen molar-refractivity contribution >= 4 is 40.0 Å². The van der Waals surface area contributed by atoms with Gasteiger partial charge in [0.25, 0.3) is 0 Å². The van der Waals surface area contributed by atoms with Gasteiger partial charge < -0.3 is 19.4 Å². The van der Waals surface area contributed by atoms with Crippen LogP contribution in [-0.2, 0) is 11.8 Å². The summed E-state index contributed by atoms with van der Waals surface area (Å²) >= 11 is 6.33. The van der Waals surface area contributed by atoms with Gasteiger partial charge in [-0.1, -0.05) is 11.6 Å². The highest BCUT2D eigenvalue weighted by Gasteiger charge is 2.18. The van der Waals surface area contributed by atoms with Crippen LogP contribution >= 0.6 is 11.6 Å². The number of hydrogen-bond donors (Lipinski definition) is 1. The molecule has 0 amide bonds. The lowest BCUT2D eigenvalue weighted by Gasteiger charge is -2.09.